The van der Waals surface area contributed by atoms with Crippen molar-refractivity contribution in [3.05, 3.63) is 61.5 Å². The fraction of sp³-hybridized carbons (Fsp3) is 0.133. The summed E-state index contributed by atoms with van der Waals surface area (Å²) < 4.78 is 6.93. The first kappa shape index (κ1) is 17.8. The molecule has 2 N–H and O–H groups in total. The molecule has 0 aromatic heterocycles. The Balaban J connectivity index is 2.56. The van der Waals surface area contributed by atoms with Crippen molar-refractivity contribution in [3.8, 4) is 5.75 Å². The maximum absolute atomic E-state index is 11.4. The molecule has 0 amide bonds. The molecule has 0 saturated heterocycles. The normalized spacial score (nSPS) is 12.0. The third-order valence-corrected chi connectivity index (χ3v) is 5.01. The van der Waals surface area contributed by atoms with Crippen molar-refractivity contribution in [1.29, 1.82) is 0 Å². The van der Waals surface area contributed by atoms with Crippen molar-refractivity contribution >= 4 is 61.4 Å². The molecule has 2 aromatic carbocycles. The average Bonchev–Trinajstić information content (AvgIpc) is 2.45. The van der Waals surface area contributed by atoms with E-state index in [1.165, 1.54) is 6.92 Å². The predicted molar refractivity (Wildman–Crippen MR) is 98.2 cm³/mol. The van der Waals surface area contributed by atoms with Crippen LogP contribution < -0.4 is 9.88 Å². The van der Waals surface area contributed by atoms with Gasteiger partial charge in [0, 0.05) is 22.0 Å². The van der Waals surface area contributed by atoms with E-state index < -0.39 is 5.97 Å². The zero-order valence-corrected chi connectivity index (χ0v) is 16.2. The molecule has 1 unspecified atom stereocenters. The first-order valence-corrected chi connectivity index (χ1v) is 9.11. The first-order chi connectivity index (χ1) is 10.4. The largest absolute Gasteiger partial charge is 0.425 e. The van der Waals surface area contributed by atoms with Crippen molar-refractivity contribution in [1.82, 2.24) is 0 Å². The van der Waals surface area contributed by atoms with Gasteiger partial charge in [0.2, 0.25) is 0 Å². The van der Waals surface area contributed by atoms with Crippen molar-refractivity contribution in [3.63, 3.8) is 0 Å². The van der Waals surface area contributed by atoms with Gasteiger partial charge in [-0.1, -0.05) is 51.6 Å². The van der Waals surface area contributed by atoms with E-state index in [4.69, 9.17) is 21.5 Å². The molecule has 3 nitrogen and oxygen atoms in total. The van der Waals surface area contributed by atoms with Crippen LogP contribution in [-0.2, 0) is 4.79 Å². The van der Waals surface area contributed by atoms with Crippen LogP contribution in [0.5, 0.6) is 5.75 Å². The van der Waals surface area contributed by atoms with Crippen molar-refractivity contribution in [2.24, 2.45) is 5.14 Å². The Bertz CT molecular complexity index is 695. The molecule has 116 valence electrons. The number of hydrogen-bond donors (Lipinski definition) is 1. The van der Waals surface area contributed by atoms with E-state index in [0.717, 1.165) is 27.5 Å². The van der Waals surface area contributed by atoms with E-state index in [9.17, 15) is 4.79 Å². The number of ether oxygens (including phenoxy) is 1. The second-order valence-corrected chi connectivity index (χ2v) is 7.42. The maximum atomic E-state index is 11.4. The molecule has 0 radical (unpaired) electrons. The second-order valence-electron chi connectivity index (χ2n) is 4.47. The standard InChI is InChI=1S/C15H12Br2ClNO2S/c1-8(20)21-14-12(6-11(18)7-13(14)17)15(22-19)9-2-4-10(16)5-3-9/h2-7,15H,19H2,1H3. The van der Waals surface area contributed by atoms with E-state index in [2.05, 4.69) is 31.9 Å². The summed E-state index contributed by atoms with van der Waals surface area (Å²) in [6.45, 7) is 1.36. The van der Waals surface area contributed by atoms with Crippen LogP contribution in [0.25, 0.3) is 0 Å². The molecule has 0 aliphatic rings. The lowest BCUT2D eigenvalue weighted by molar-refractivity contribution is -0.131. The molecule has 2 rings (SSSR count). The lowest BCUT2D eigenvalue weighted by Gasteiger charge is -2.19. The van der Waals surface area contributed by atoms with E-state index in [1.54, 1.807) is 12.1 Å². The third-order valence-electron chi connectivity index (χ3n) is 2.87. The molecule has 0 saturated carbocycles. The number of halogens is 3. The highest BCUT2D eigenvalue weighted by atomic mass is 79.9. The second kappa shape index (κ2) is 7.84. The smallest absolute Gasteiger partial charge is 0.308 e. The molecule has 22 heavy (non-hydrogen) atoms. The van der Waals surface area contributed by atoms with Gasteiger partial charge in [0.15, 0.2) is 0 Å². The predicted octanol–water partition coefficient (Wildman–Crippen LogP) is 5.49. The fourth-order valence-corrected chi connectivity index (χ4v) is 3.81. The molecule has 0 aliphatic carbocycles. The van der Waals surface area contributed by atoms with Gasteiger partial charge in [-0.25, -0.2) is 0 Å². The molecule has 7 heteroatoms. The molecular formula is C15H12Br2ClNO2S. The molecule has 0 bridgehead atoms. The summed E-state index contributed by atoms with van der Waals surface area (Å²) >= 11 is 14.1. The van der Waals surface area contributed by atoms with Gasteiger partial charge in [0.1, 0.15) is 5.75 Å². The van der Waals surface area contributed by atoms with Crippen molar-refractivity contribution < 1.29 is 9.53 Å². The summed E-state index contributed by atoms with van der Waals surface area (Å²) in [5.74, 6) is 0.0311. The highest BCUT2D eigenvalue weighted by molar-refractivity contribution is 9.10. The summed E-state index contributed by atoms with van der Waals surface area (Å²) in [4.78, 5) is 11.4. The number of carbonyl (C=O) groups excluding carboxylic acids is 1. The summed E-state index contributed by atoms with van der Waals surface area (Å²) in [7, 11) is 0. The van der Waals surface area contributed by atoms with Crippen LogP contribution in [0, 0.1) is 0 Å². The van der Waals surface area contributed by atoms with E-state index in [-0.39, 0.29) is 5.25 Å². The minimum atomic E-state index is -0.402. The molecular weight excluding hydrogens is 453 g/mol. The van der Waals surface area contributed by atoms with Gasteiger partial charge >= 0.3 is 5.97 Å². The van der Waals surface area contributed by atoms with Gasteiger partial charge in [0.25, 0.3) is 0 Å². The molecule has 0 aliphatic heterocycles. The number of carbonyl (C=O) groups is 1. The summed E-state index contributed by atoms with van der Waals surface area (Å²) in [6, 6.07) is 11.2. The summed E-state index contributed by atoms with van der Waals surface area (Å²) in [5, 5.41) is 6.21. The van der Waals surface area contributed by atoms with Gasteiger partial charge in [-0.3, -0.25) is 9.93 Å². The number of esters is 1. The molecule has 0 heterocycles. The zero-order valence-electron chi connectivity index (χ0n) is 11.5. The molecule has 1 atom stereocenters. The lowest BCUT2D eigenvalue weighted by Crippen LogP contribution is -2.08. The van der Waals surface area contributed by atoms with E-state index >= 15 is 0 Å². The highest BCUT2D eigenvalue weighted by Gasteiger charge is 2.22. The Morgan fingerprint density at radius 2 is 1.91 bits per heavy atom. The number of nitrogens with two attached hydrogens (primary N) is 1. The quantitative estimate of drug-likeness (QED) is 0.369. The minimum absolute atomic E-state index is 0.211. The van der Waals surface area contributed by atoms with Crippen LogP contribution >= 0.6 is 55.4 Å². The fourth-order valence-electron chi connectivity index (χ4n) is 2.00. The zero-order chi connectivity index (χ0) is 16.3. The van der Waals surface area contributed by atoms with Crippen LogP contribution in [-0.4, -0.2) is 5.97 Å². The van der Waals surface area contributed by atoms with Crippen LogP contribution in [0.1, 0.15) is 23.3 Å². The van der Waals surface area contributed by atoms with E-state index in [0.29, 0.717) is 15.2 Å². The number of rotatable bonds is 4. The molecule has 0 spiro atoms. The van der Waals surface area contributed by atoms with Crippen LogP contribution in [0.15, 0.2) is 45.3 Å². The number of hydrogen-bond acceptors (Lipinski definition) is 4. The Labute approximate surface area is 154 Å². The minimum Gasteiger partial charge on any atom is -0.425 e. The average molecular weight is 466 g/mol. The summed E-state index contributed by atoms with van der Waals surface area (Å²) in [6.07, 6.45) is 0. The monoisotopic (exact) mass is 463 g/mol. The van der Waals surface area contributed by atoms with Crippen molar-refractivity contribution in [2.75, 3.05) is 0 Å². The molecule has 2 aromatic rings. The van der Waals surface area contributed by atoms with E-state index in [1.807, 2.05) is 24.3 Å². The van der Waals surface area contributed by atoms with Crippen molar-refractivity contribution in [2.45, 2.75) is 12.2 Å². The van der Waals surface area contributed by atoms with Gasteiger partial charge in [-0.2, -0.15) is 0 Å². The van der Waals surface area contributed by atoms with Crippen LogP contribution in [0.3, 0.4) is 0 Å². The van der Waals surface area contributed by atoms with Gasteiger partial charge in [-0.05, 0) is 45.8 Å². The Morgan fingerprint density at radius 3 is 2.45 bits per heavy atom. The Hall–Kier alpha value is -0.530. The van der Waals surface area contributed by atoms with Gasteiger partial charge < -0.3 is 4.74 Å². The van der Waals surface area contributed by atoms with Crippen LogP contribution in [0.4, 0.5) is 0 Å². The number of benzene rings is 2. The highest BCUT2D eigenvalue weighted by Crippen LogP contribution is 2.43. The Morgan fingerprint density at radius 1 is 1.27 bits per heavy atom. The van der Waals surface area contributed by atoms with Gasteiger partial charge in [-0.15, -0.1) is 0 Å². The SMILES string of the molecule is CC(=O)Oc1c(Br)cc(Cl)cc1C(SN)c1ccc(Br)cc1. The summed E-state index contributed by atoms with van der Waals surface area (Å²) in [5.41, 5.74) is 1.72. The van der Waals surface area contributed by atoms with Gasteiger partial charge in [0.05, 0.1) is 9.72 Å². The topological polar surface area (TPSA) is 52.3 Å². The molecule has 0 fully saturated rings. The lowest BCUT2D eigenvalue weighted by atomic mass is 10.0. The first-order valence-electron chi connectivity index (χ1n) is 6.20. The maximum Gasteiger partial charge on any atom is 0.308 e. The van der Waals surface area contributed by atoms with Crippen LogP contribution in [0.2, 0.25) is 5.02 Å². The third kappa shape index (κ3) is 4.26. The Kier molecular flexibility index (Phi) is 6.35.